The molecule has 0 aromatic heterocycles. The summed E-state index contributed by atoms with van der Waals surface area (Å²) in [7, 11) is 0. The Labute approximate surface area is 109 Å². The molecule has 1 amide bonds. The van der Waals surface area contributed by atoms with Crippen LogP contribution in [-0.4, -0.2) is 36.0 Å². The quantitative estimate of drug-likeness (QED) is 0.735. The zero-order chi connectivity index (χ0) is 12.5. The molecule has 1 aliphatic carbocycles. The van der Waals surface area contributed by atoms with E-state index in [0.717, 1.165) is 24.3 Å². The summed E-state index contributed by atoms with van der Waals surface area (Å²) < 4.78 is 0. The van der Waals surface area contributed by atoms with E-state index in [-0.39, 0.29) is 5.91 Å². The van der Waals surface area contributed by atoms with Gasteiger partial charge in [-0.3, -0.25) is 4.79 Å². The van der Waals surface area contributed by atoms with Crippen molar-refractivity contribution in [2.24, 2.45) is 0 Å². The average molecular weight is 258 g/mol. The Morgan fingerprint density at radius 2 is 2.06 bits per heavy atom. The van der Waals surface area contributed by atoms with E-state index in [1.54, 1.807) is 0 Å². The second-order valence-electron chi connectivity index (χ2n) is 4.84. The third-order valence-electron chi connectivity index (χ3n) is 3.15. The lowest BCUT2D eigenvalue weighted by atomic mass is 9.95. The second kappa shape index (κ2) is 8.81. The average Bonchev–Trinajstić information content (AvgIpc) is 2.35. The van der Waals surface area contributed by atoms with Crippen molar-refractivity contribution in [2.45, 2.75) is 58.0 Å². The highest BCUT2D eigenvalue weighted by molar-refractivity contribution is 7.99. The van der Waals surface area contributed by atoms with Crippen LogP contribution in [-0.2, 0) is 4.79 Å². The Bertz CT molecular complexity index is 217. The summed E-state index contributed by atoms with van der Waals surface area (Å²) in [5.41, 5.74) is 0. The lowest BCUT2D eigenvalue weighted by Gasteiger charge is -2.23. The standard InChI is InChI=1S/C13H26N2OS/c1-3-17-10-11(2)14-9-13(16)15-12-7-5-4-6-8-12/h11-12,14H,3-10H2,1-2H3,(H,15,16). The third-order valence-corrected chi connectivity index (χ3v) is 4.30. The van der Waals surface area contributed by atoms with Gasteiger partial charge < -0.3 is 10.6 Å². The molecule has 1 aliphatic rings. The molecule has 0 aromatic rings. The van der Waals surface area contributed by atoms with E-state index < -0.39 is 0 Å². The van der Waals surface area contributed by atoms with Crippen molar-refractivity contribution < 1.29 is 4.79 Å². The molecule has 1 unspecified atom stereocenters. The van der Waals surface area contributed by atoms with Crippen molar-refractivity contribution in [3.63, 3.8) is 0 Å². The second-order valence-corrected chi connectivity index (χ2v) is 6.16. The number of hydrogen-bond donors (Lipinski definition) is 2. The van der Waals surface area contributed by atoms with Crippen molar-refractivity contribution in [1.82, 2.24) is 10.6 Å². The predicted molar refractivity (Wildman–Crippen MR) is 75.5 cm³/mol. The molecule has 0 aromatic carbocycles. The third kappa shape index (κ3) is 6.94. The van der Waals surface area contributed by atoms with Crippen LogP contribution in [0.4, 0.5) is 0 Å². The molecule has 1 atom stereocenters. The predicted octanol–water partition coefficient (Wildman–Crippen LogP) is 2.17. The van der Waals surface area contributed by atoms with Crippen LogP contribution in [0.3, 0.4) is 0 Å². The SMILES string of the molecule is CCSCC(C)NCC(=O)NC1CCCCC1. The molecule has 0 spiro atoms. The number of hydrogen-bond acceptors (Lipinski definition) is 3. The van der Waals surface area contributed by atoms with Crippen LogP contribution in [0.1, 0.15) is 46.0 Å². The van der Waals surface area contributed by atoms with E-state index in [1.807, 2.05) is 11.8 Å². The van der Waals surface area contributed by atoms with Crippen molar-refractivity contribution in [3.05, 3.63) is 0 Å². The van der Waals surface area contributed by atoms with Gasteiger partial charge in [-0.1, -0.05) is 26.2 Å². The van der Waals surface area contributed by atoms with Gasteiger partial charge in [0, 0.05) is 17.8 Å². The molecule has 0 bridgehead atoms. The molecular weight excluding hydrogens is 232 g/mol. The Kier molecular flexibility index (Phi) is 7.69. The van der Waals surface area contributed by atoms with Gasteiger partial charge in [0.1, 0.15) is 0 Å². The van der Waals surface area contributed by atoms with Gasteiger partial charge in [-0.05, 0) is 25.5 Å². The fourth-order valence-electron chi connectivity index (χ4n) is 2.15. The molecule has 4 heteroatoms. The Hall–Kier alpha value is -0.220. The van der Waals surface area contributed by atoms with Gasteiger partial charge in [0.15, 0.2) is 0 Å². The summed E-state index contributed by atoms with van der Waals surface area (Å²) in [6.07, 6.45) is 6.18. The highest BCUT2D eigenvalue weighted by Crippen LogP contribution is 2.17. The summed E-state index contributed by atoms with van der Waals surface area (Å²) >= 11 is 1.91. The number of thioether (sulfide) groups is 1. The minimum atomic E-state index is 0.158. The van der Waals surface area contributed by atoms with Gasteiger partial charge in [-0.25, -0.2) is 0 Å². The topological polar surface area (TPSA) is 41.1 Å². The van der Waals surface area contributed by atoms with E-state index in [2.05, 4.69) is 24.5 Å². The molecule has 1 fully saturated rings. The van der Waals surface area contributed by atoms with E-state index in [1.165, 1.54) is 19.3 Å². The maximum absolute atomic E-state index is 11.7. The number of nitrogens with one attached hydrogen (secondary N) is 2. The van der Waals surface area contributed by atoms with Crippen LogP contribution in [0.5, 0.6) is 0 Å². The molecule has 0 saturated heterocycles. The number of carbonyl (C=O) groups excluding carboxylic acids is 1. The van der Waals surface area contributed by atoms with E-state index in [4.69, 9.17) is 0 Å². The molecule has 0 heterocycles. The number of carbonyl (C=O) groups is 1. The Balaban J connectivity index is 2.07. The number of rotatable bonds is 7. The molecule has 2 N–H and O–H groups in total. The van der Waals surface area contributed by atoms with Gasteiger partial charge in [0.05, 0.1) is 6.54 Å². The van der Waals surface area contributed by atoms with Crippen LogP contribution in [0.25, 0.3) is 0 Å². The highest BCUT2D eigenvalue weighted by Gasteiger charge is 2.15. The first-order valence-corrected chi connectivity index (χ1v) is 7.98. The van der Waals surface area contributed by atoms with Gasteiger partial charge in [0.2, 0.25) is 5.91 Å². The van der Waals surface area contributed by atoms with Gasteiger partial charge in [-0.2, -0.15) is 11.8 Å². The molecule has 17 heavy (non-hydrogen) atoms. The van der Waals surface area contributed by atoms with Crippen LogP contribution in [0.15, 0.2) is 0 Å². The summed E-state index contributed by atoms with van der Waals surface area (Å²) in [4.78, 5) is 11.7. The molecule has 1 saturated carbocycles. The molecule has 0 aliphatic heterocycles. The van der Waals surface area contributed by atoms with E-state index in [9.17, 15) is 4.79 Å². The zero-order valence-corrected chi connectivity index (χ0v) is 11.9. The van der Waals surface area contributed by atoms with Crippen LogP contribution < -0.4 is 10.6 Å². The summed E-state index contributed by atoms with van der Waals surface area (Å²) in [6.45, 7) is 4.76. The van der Waals surface area contributed by atoms with E-state index in [0.29, 0.717) is 18.6 Å². The lowest BCUT2D eigenvalue weighted by Crippen LogP contribution is -2.43. The summed E-state index contributed by atoms with van der Waals surface area (Å²) in [5, 5.41) is 6.40. The Morgan fingerprint density at radius 3 is 2.71 bits per heavy atom. The normalized spacial score (nSPS) is 18.9. The van der Waals surface area contributed by atoms with Gasteiger partial charge >= 0.3 is 0 Å². The van der Waals surface area contributed by atoms with E-state index >= 15 is 0 Å². The monoisotopic (exact) mass is 258 g/mol. The van der Waals surface area contributed by atoms with Gasteiger partial charge in [0.25, 0.3) is 0 Å². The zero-order valence-electron chi connectivity index (χ0n) is 11.1. The first-order valence-electron chi connectivity index (χ1n) is 6.83. The molecule has 0 radical (unpaired) electrons. The molecular formula is C13H26N2OS. The summed E-state index contributed by atoms with van der Waals surface area (Å²) in [5.74, 6) is 2.37. The van der Waals surface area contributed by atoms with Crippen LogP contribution >= 0.6 is 11.8 Å². The molecule has 1 rings (SSSR count). The first kappa shape index (κ1) is 14.8. The fraction of sp³-hybridized carbons (Fsp3) is 0.923. The first-order chi connectivity index (χ1) is 8.22. The highest BCUT2D eigenvalue weighted by atomic mass is 32.2. The fourth-order valence-corrected chi connectivity index (χ4v) is 2.85. The lowest BCUT2D eigenvalue weighted by molar-refractivity contribution is -0.121. The minimum Gasteiger partial charge on any atom is -0.352 e. The molecule has 3 nitrogen and oxygen atoms in total. The van der Waals surface area contributed by atoms with Crippen molar-refractivity contribution in [2.75, 3.05) is 18.1 Å². The van der Waals surface area contributed by atoms with Crippen LogP contribution in [0.2, 0.25) is 0 Å². The number of amides is 1. The van der Waals surface area contributed by atoms with Crippen molar-refractivity contribution in [1.29, 1.82) is 0 Å². The minimum absolute atomic E-state index is 0.158. The van der Waals surface area contributed by atoms with Gasteiger partial charge in [-0.15, -0.1) is 0 Å². The smallest absolute Gasteiger partial charge is 0.234 e. The maximum Gasteiger partial charge on any atom is 0.234 e. The largest absolute Gasteiger partial charge is 0.352 e. The van der Waals surface area contributed by atoms with Crippen molar-refractivity contribution >= 4 is 17.7 Å². The summed E-state index contributed by atoms with van der Waals surface area (Å²) in [6, 6.07) is 0.843. The Morgan fingerprint density at radius 1 is 1.35 bits per heavy atom. The van der Waals surface area contributed by atoms with Crippen molar-refractivity contribution in [3.8, 4) is 0 Å². The maximum atomic E-state index is 11.7. The van der Waals surface area contributed by atoms with Crippen LogP contribution in [0, 0.1) is 0 Å². The molecule has 100 valence electrons.